The fraction of sp³-hybridized carbons (Fsp3) is 0.667. The van der Waals surface area contributed by atoms with E-state index in [4.69, 9.17) is 5.11 Å². The van der Waals surface area contributed by atoms with Crippen LogP contribution in [-0.2, 0) is 16.1 Å². The number of hydrogen-bond acceptors (Lipinski definition) is 5. The summed E-state index contributed by atoms with van der Waals surface area (Å²) in [7, 11) is 0. The molecule has 0 aliphatic carbocycles. The van der Waals surface area contributed by atoms with Crippen LogP contribution in [0.25, 0.3) is 0 Å². The lowest BCUT2D eigenvalue weighted by Gasteiger charge is -2.34. The number of aliphatic carboxylic acids is 1. The van der Waals surface area contributed by atoms with Crippen LogP contribution in [0.4, 0.5) is 0 Å². The van der Waals surface area contributed by atoms with Crippen LogP contribution in [0.3, 0.4) is 0 Å². The summed E-state index contributed by atoms with van der Waals surface area (Å²) in [5, 5.41) is 12.6. The number of aryl methyl sites for hydroxylation is 1. The largest absolute Gasteiger partial charge is 0.481 e. The number of piperazine rings is 1. The van der Waals surface area contributed by atoms with Crippen LogP contribution < -0.4 is 0 Å². The van der Waals surface area contributed by atoms with Crippen LogP contribution in [-0.4, -0.2) is 74.3 Å². The quantitative estimate of drug-likeness (QED) is 0.740. The first-order chi connectivity index (χ1) is 9.65. The minimum Gasteiger partial charge on any atom is -0.481 e. The Balaban J connectivity index is 1.67. The van der Waals surface area contributed by atoms with Gasteiger partial charge in [0.25, 0.3) is 0 Å². The number of amides is 1. The van der Waals surface area contributed by atoms with Gasteiger partial charge in [-0.2, -0.15) is 5.10 Å². The highest BCUT2D eigenvalue weighted by Crippen LogP contribution is 2.05. The lowest BCUT2D eigenvalue weighted by Crippen LogP contribution is -2.49. The SMILES string of the molecule is O=C(O)CCN1CCN(C(=O)CCn2cncn2)CC1. The molecule has 1 aromatic rings. The maximum absolute atomic E-state index is 12.0. The van der Waals surface area contributed by atoms with Crippen molar-refractivity contribution in [3.05, 3.63) is 12.7 Å². The van der Waals surface area contributed by atoms with E-state index in [0.29, 0.717) is 32.6 Å². The van der Waals surface area contributed by atoms with Crippen LogP contribution in [0.15, 0.2) is 12.7 Å². The first-order valence-electron chi connectivity index (χ1n) is 6.69. The molecule has 1 N–H and O–H groups in total. The molecule has 0 atom stereocenters. The van der Waals surface area contributed by atoms with Crippen LogP contribution in [0.2, 0.25) is 0 Å². The van der Waals surface area contributed by atoms with Gasteiger partial charge in [-0.15, -0.1) is 0 Å². The molecule has 1 aliphatic heterocycles. The molecular formula is C12H19N5O3. The first kappa shape index (κ1) is 14.4. The van der Waals surface area contributed by atoms with Crippen molar-refractivity contribution in [2.75, 3.05) is 32.7 Å². The summed E-state index contributed by atoms with van der Waals surface area (Å²) in [5.41, 5.74) is 0. The van der Waals surface area contributed by atoms with Gasteiger partial charge in [0.05, 0.1) is 13.0 Å². The number of nitrogens with zero attached hydrogens (tertiary/aromatic N) is 5. The van der Waals surface area contributed by atoms with Crippen molar-refractivity contribution in [2.24, 2.45) is 0 Å². The Morgan fingerprint density at radius 3 is 2.45 bits per heavy atom. The van der Waals surface area contributed by atoms with Gasteiger partial charge in [-0.25, -0.2) is 4.98 Å². The number of hydrogen-bond donors (Lipinski definition) is 1. The zero-order valence-electron chi connectivity index (χ0n) is 11.3. The van der Waals surface area contributed by atoms with Crippen molar-refractivity contribution in [1.29, 1.82) is 0 Å². The van der Waals surface area contributed by atoms with Crippen molar-refractivity contribution < 1.29 is 14.7 Å². The second kappa shape index (κ2) is 6.99. The summed E-state index contributed by atoms with van der Waals surface area (Å²) in [4.78, 5) is 30.3. The summed E-state index contributed by atoms with van der Waals surface area (Å²) in [6.07, 6.45) is 3.61. The molecule has 1 saturated heterocycles. The van der Waals surface area contributed by atoms with E-state index in [1.165, 1.54) is 6.33 Å². The third-order valence-corrected chi connectivity index (χ3v) is 3.39. The van der Waals surface area contributed by atoms with E-state index in [9.17, 15) is 9.59 Å². The van der Waals surface area contributed by atoms with Crippen molar-refractivity contribution in [1.82, 2.24) is 24.6 Å². The van der Waals surface area contributed by atoms with E-state index in [1.54, 1.807) is 11.0 Å². The van der Waals surface area contributed by atoms with E-state index in [-0.39, 0.29) is 12.3 Å². The maximum Gasteiger partial charge on any atom is 0.304 e. The molecule has 0 bridgehead atoms. The van der Waals surface area contributed by atoms with Crippen molar-refractivity contribution in [2.45, 2.75) is 19.4 Å². The van der Waals surface area contributed by atoms with Gasteiger partial charge in [0, 0.05) is 39.1 Å². The standard InChI is InChI=1S/C12H19N5O3/c18-11(1-4-17-10-13-9-14-17)16-7-5-15(6-8-16)3-2-12(19)20/h9-10H,1-8H2,(H,19,20). The monoisotopic (exact) mass is 281 g/mol. The zero-order valence-corrected chi connectivity index (χ0v) is 11.3. The maximum atomic E-state index is 12.0. The van der Waals surface area contributed by atoms with E-state index in [1.807, 2.05) is 4.90 Å². The average molecular weight is 281 g/mol. The van der Waals surface area contributed by atoms with Gasteiger partial charge in [0.2, 0.25) is 5.91 Å². The summed E-state index contributed by atoms with van der Waals surface area (Å²) in [5.74, 6) is -0.672. The highest BCUT2D eigenvalue weighted by molar-refractivity contribution is 5.76. The van der Waals surface area contributed by atoms with Gasteiger partial charge < -0.3 is 10.0 Å². The van der Waals surface area contributed by atoms with Gasteiger partial charge >= 0.3 is 5.97 Å². The van der Waals surface area contributed by atoms with Crippen molar-refractivity contribution >= 4 is 11.9 Å². The molecule has 1 aliphatic rings. The van der Waals surface area contributed by atoms with Crippen molar-refractivity contribution in [3.8, 4) is 0 Å². The number of carbonyl (C=O) groups excluding carboxylic acids is 1. The molecule has 2 rings (SSSR count). The summed E-state index contributed by atoms with van der Waals surface area (Å²) >= 11 is 0. The lowest BCUT2D eigenvalue weighted by atomic mass is 10.2. The number of aromatic nitrogens is 3. The Labute approximate surface area is 117 Å². The topological polar surface area (TPSA) is 91.6 Å². The van der Waals surface area contributed by atoms with Crippen LogP contribution in [0.1, 0.15) is 12.8 Å². The predicted octanol–water partition coefficient (Wildman–Crippen LogP) is -0.713. The molecule has 0 spiro atoms. The Hall–Kier alpha value is -1.96. The zero-order chi connectivity index (χ0) is 14.4. The van der Waals surface area contributed by atoms with Crippen LogP contribution in [0, 0.1) is 0 Å². The fourth-order valence-electron chi connectivity index (χ4n) is 2.19. The normalized spacial score (nSPS) is 16.3. The lowest BCUT2D eigenvalue weighted by molar-refractivity contribution is -0.138. The first-order valence-corrected chi connectivity index (χ1v) is 6.69. The summed E-state index contributed by atoms with van der Waals surface area (Å²) in [6, 6.07) is 0. The van der Waals surface area contributed by atoms with E-state index in [0.717, 1.165) is 13.1 Å². The minimum absolute atomic E-state index is 0.110. The van der Waals surface area contributed by atoms with Gasteiger partial charge in [0.1, 0.15) is 12.7 Å². The molecule has 110 valence electrons. The van der Waals surface area contributed by atoms with Gasteiger partial charge in [-0.1, -0.05) is 0 Å². The Morgan fingerprint density at radius 1 is 1.10 bits per heavy atom. The predicted molar refractivity (Wildman–Crippen MR) is 69.9 cm³/mol. The molecule has 2 heterocycles. The Bertz CT molecular complexity index is 440. The molecule has 0 saturated carbocycles. The van der Waals surface area contributed by atoms with E-state index < -0.39 is 5.97 Å². The molecule has 1 fully saturated rings. The van der Waals surface area contributed by atoms with Crippen molar-refractivity contribution in [3.63, 3.8) is 0 Å². The molecule has 1 amide bonds. The van der Waals surface area contributed by atoms with Gasteiger partial charge in [-0.05, 0) is 0 Å². The van der Waals surface area contributed by atoms with Crippen LogP contribution >= 0.6 is 0 Å². The smallest absolute Gasteiger partial charge is 0.304 e. The molecule has 0 unspecified atom stereocenters. The number of rotatable bonds is 6. The third kappa shape index (κ3) is 4.30. The van der Waals surface area contributed by atoms with Gasteiger partial charge in [0.15, 0.2) is 0 Å². The van der Waals surface area contributed by atoms with Crippen LogP contribution in [0.5, 0.6) is 0 Å². The molecule has 1 aromatic heterocycles. The Kier molecular flexibility index (Phi) is 5.05. The molecule has 20 heavy (non-hydrogen) atoms. The highest BCUT2D eigenvalue weighted by Gasteiger charge is 2.21. The Morgan fingerprint density at radius 2 is 1.85 bits per heavy atom. The second-order valence-electron chi connectivity index (χ2n) is 4.77. The average Bonchev–Trinajstić information content (AvgIpc) is 2.96. The highest BCUT2D eigenvalue weighted by atomic mass is 16.4. The molecule has 0 radical (unpaired) electrons. The number of carbonyl (C=O) groups is 2. The molecular weight excluding hydrogens is 262 g/mol. The molecule has 0 aromatic carbocycles. The van der Waals surface area contributed by atoms with E-state index >= 15 is 0 Å². The van der Waals surface area contributed by atoms with E-state index in [2.05, 4.69) is 15.0 Å². The second-order valence-corrected chi connectivity index (χ2v) is 4.77. The van der Waals surface area contributed by atoms with Gasteiger partial charge in [-0.3, -0.25) is 19.2 Å². The summed E-state index contributed by atoms with van der Waals surface area (Å²) < 4.78 is 1.64. The summed E-state index contributed by atoms with van der Waals surface area (Å²) in [6.45, 7) is 3.89. The fourth-order valence-corrected chi connectivity index (χ4v) is 2.19. The molecule has 8 nitrogen and oxygen atoms in total. The number of carboxylic acids is 1. The minimum atomic E-state index is -0.781. The molecule has 8 heteroatoms. The number of carboxylic acid groups (broad SMARTS) is 1. The third-order valence-electron chi connectivity index (χ3n) is 3.39.